The number of phenolic OH excluding ortho intramolecular Hbond substituents is 1. The molecule has 0 amide bonds. The standard InChI is InChI=1S/C13H12O2/c1-4-9-8-13(2,3)15-12-7-10(14)5-6-11(9)12/h1,5-8,14H,2-3H3. The van der Waals surface area contributed by atoms with Crippen molar-refractivity contribution in [1.29, 1.82) is 0 Å². The van der Waals surface area contributed by atoms with Gasteiger partial charge < -0.3 is 9.84 Å². The van der Waals surface area contributed by atoms with Crippen LogP contribution in [0.4, 0.5) is 0 Å². The van der Waals surface area contributed by atoms with E-state index >= 15 is 0 Å². The van der Waals surface area contributed by atoms with Crippen LogP contribution in [-0.2, 0) is 0 Å². The summed E-state index contributed by atoms with van der Waals surface area (Å²) in [6.45, 7) is 3.86. The van der Waals surface area contributed by atoms with Gasteiger partial charge in [0.2, 0.25) is 0 Å². The third kappa shape index (κ3) is 1.69. The number of phenols is 1. The number of benzene rings is 1. The zero-order valence-corrected chi connectivity index (χ0v) is 8.74. The molecule has 0 bridgehead atoms. The van der Waals surface area contributed by atoms with Gasteiger partial charge in [-0.1, -0.05) is 5.92 Å². The molecule has 2 nitrogen and oxygen atoms in total. The molecule has 1 heterocycles. The van der Waals surface area contributed by atoms with Crippen LogP contribution in [0.2, 0.25) is 0 Å². The van der Waals surface area contributed by atoms with Crippen molar-refractivity contribution >= 4 is 5.57 Å². The summed E-state index contributed by atoms with van der Waals surface area (Å²) in [7, 11) is 0. The zero-order chi connectivity index (χ0) is 11.1. The van der Waals surface area contributed by atoms with Gasteiger partial charge in [0.15, 0.2) is 0 Å². The number of aromatic hydroxyl groups is 1. The molecule has 0 radical (unpaired) electrons. The van der Waals surface area contributed by atoms with Gasteiger partial charge in [0.1, 0.15) is 17.1 Å². The van der Waals surface area contributed by atoms with Crippen molar-refractivity contribution in [2.24, 2.45) is 0 Å². The van der Waals surface area contributed by atoms with E-state index in [1.165, 1.54) is 0 Å². The Morgan fingerprint density at radius 2 is 2.13 bits per heavy atom. The lowest BCUT2D eigenvalue weighted by Gasteiger charge is -2.29. The van der Waals surface area contributed by atoms with E-state index in [9.17, 15) is 5.11 Å². The van der Waals surface area contributed by atoms with Gasteiger partial charge in [0.25, 0.3) is 0 Å². The normalized spacial score (nSPS) is 17.0. The van der Waals surface area contributed by atoms with E-state index in [0.29, 0.717) is 5.75 Å². The van der Waals surface area contributed by atoms with Crippen LogP contribution < -0.4 is 4.74 Å². The molecule has 1 aromatic carbocycles. The van der Waals surface area contributed by atoms with Crippen molar-refractivity contribution in [2.75, 3.05) is 0 Å². The Balaban J connectivity index is 2.62. The summed E-state index contributed by atoms with van der Waals surface area (Å²) < 4.78 is 5.70. The zero-order valence-electron chi connectivity index (χ0n) is 8.74. The van der Waals surface area contributed by atoms with Crippen LogP contribution in [0.25, 0.3) is 5.57 Å². The van der Waals surface area contributed by atoms with Gasteiger partial charge in [0.05, 0.1) is 0 Å². The lowest BCUT2D eigenvalue weighted by Crippen LogP contribution is -2.28. The largest absolute Gasteiger partial charge is 0.508 e. The molecule has 2 heteroatoms. The van der Waals surface area contributed by atoms with Crippen LogP contribution in [0.5, 0.6) is 11.5 Å². The fourth-order valence-corrected chi connectivity index (χ4v) is 1.68. The van der Waals surface area contributed by atoms with Crippen molar-refractivity contribution in [3.8, 4) is 23.8 Å². The van der Waals surface area contributed by atoms with E-state index < -0.39 is 5.60 Å². The second-order valence-electron chi connectivity index (χ2n) is 4.09. The van der Waals surface area contributed by atoms with Crippen LogP contribution in [0.3, 0.4) is 0 Å². The van der Waals surface area contributed by atoms with E-state index in [0.717, 1.165) is 11.1 Å². The number of terminal acetylenes is 1. The van der Waals surface area contributed by atoms with Gasteiger partial charge in [-0.15, -0.1) is 6.42 Å². The van der Waals surface area contributed by atoms with Crippen LogP contribution >= 0.6 is 0 Å². The predicted molar refractivity (Wildman–Crippen MR) is 59.6 cm³/mol. The molecule has 1 aromatic rings. The molecule has 0 atom stereocenters. The first-order valence-corrected chi connectivity index (χ1v) is 4.74. The first-order valence-electron chi connectivity index (χ1n) is 4.74. The molecule has 0 fully saturated rings. The van der Waals surface area contributed by atoms with Gasteiger partial charge in [-0.2, -0.15) is 0 Å². The SMILES string of the molecule is C#CC1=CC(C)(C)Oc2cc(O)ccc21. The Bertz CT molecular complexity index is 476. The number of hydrogen-bond acceptors (Lipinski definition) is 2. The first-order chi connectivity index (χ1) is 7.02. The monoisotopic (exact) mass is 200 g/mol. The molecule has 76 valence electrons. The van der Waals surface area contributed by atoms with E-state index in [-0.39, 0.29) is 5.75 Å². The van der Waals surface area contributed by atoms with Gasteiger partial charge in [-0.25, -0.2) is 0 Å². The minimum atomic E-state index is -0.428. The number of fused-ring (bicyclic) bond motifs is 1. The van der Waals surface area contributed by atoms with Gasteiger partial charge in [-0.05, 0) is 32.1 Å². The molecule has 1 aliphatic rings. The summed E-state index contributed by atoms with van der Waals surface area (Å²) in [4.78, 5) is 0. The van der Waals surface area contributed by atoms with Gasteiger partial charge in [0, 0.05) is 17.2 Å². The molecule has 15 heavy (non-hydrogen) atoms. The first kappa shape index (κ1) is 9.67. The van der Waals surface area contributed by atoms with Crippen molar-refractivity contribution in [3.05, 3.63) is 29.8 Å². The highest BCUT2D eigenvalue weighted by molar-refractivity contribution is 5.83. The molecule has 1 aliphatic heterocycles. The Morgan fingerprint density at radius 1 is 1.40 bits per heavy atom. The maximum atomic E-state index is 9.37. The smallest absolute Gasteiger partial charge is 0.132 e. The molecule has 0 spiro atoms. The molecule has 0 aromatic heterocycles. The Kier molecular flexibility index (Phi) is 1.97. The molecule has 0 saturated carbocycles. The topological polar surface area (TPSA) is 29.5 Å². The number of ether oxygens (including phenoxy) is 1. The number of allylic oxidation sites excluding steroid dienone is 1. The van der Waals surface area contributed by atoms with Crippen LogP contribution in [-0.4, -0.2) is 10.7 Å². The lowest BCUT2D eigenvalue weighted by atomic mass is 9.95. The van der Waals surface area contributed by atoms with Crippen LogP contribution in [0, 0.1) is 12.3 Å². The summed E-state index contributed by atoms with van der Waals surface area (Å²) in [6.07, 6.45) is 7.35. The van der Waals surface area contributed by atoms with Crippen molar-refractivity contribution in [2.45, 2.75) is 19.4 Å². The average molecular weight is 200 g/mol. The second-order valence-corrected chi connectivity index (χ2v) is 4.09. The fraction of sp³-hybridized carbons (Fsp3) is 0.231. The molecule has 1 N–H and O–H groups in total. The second kappa shape index (κ2) is 3.06. The highest BCUT2D eigenvalue weighted by atomic mass is 16.5. The Morgan fingerprint density at radius 3 is 2.80 bits per heavy atom. The Hall–Kier alpha value is -1.88. The highest BCUT2D eigenvalue weighted by Crippen LogP contribution is 2.37. The van der Waals surface area contributed by atoms with E-state index in [1.54, 1.807) is 18.2 Å². The molecule has 0 unspecified atom stereocenters. The summed E-state index contributed by atoms with van der Waals surface area (Å²) in [5.41, 5.74) is 1.23. The summed E-state index contributed by atoms with van der Waals surface area (Å²) in [5.74, 6) is 3.45. The van der Waals surface area contributed by atoms with Crippen molar-refractivity contribution in [1.82, 2.24) is 0 Å². The van der Waals surface area contributed by atoms with E-state index in [2.05, 4.69) is 5.92 Å². The molecular formula is C13H12O2. The third-order valence-electron chi connectivity index (χ3n) is 2.28. The minimum Gasteiger partial charge on any atom is -0.508 e. The highest BCUT2D eigenvalue weighted by Gasteiger charge is 2.25. The quantitative estimate of drug-likeness (QED) is 0.652. The summed E-state index contributed by atoms with van der Waals surface area (Å²) in [5, 5.41) is 9.37. The lowest BCUT2D eigenvalue weighted by molar-refractivity contribution is 0.158. The molecule has 0 aliphatic carbocycles. The maximum absolute atomic E-state index is 9.37. The van der Waals surface area contributed by atoms with E-state index in [1.807, 2.05) is 19.9 Å². The van der Waals surface area contributed by atoms with Crippen molar-refractivity contribution < 1.29 is 9.84 Å². The predicted octanol–water partition coefficient (Wildman–Crippen LogP) is 2.58. The number of hydrogen-bond donors (Lipinski definition) is 1. The van der Waals surface area contributed by atoms with Gasteiger partial charge >= 0.3 is 0 Å². The third-order valence-corrected chi connectivity index (χ3v) is 2.28. The van der Waals surface area contributed by atoms with E-state index in [4.69, 9.17) is 11.2 Å². The maximum Gasteiger partial charge on any atom is 0.132 e. The van der Waals surface area contributed by atoms with Crippen molar-refractivity contribution in [3.63, 3.8) is 0 Å². The Labute approximate surface area is 89.2 Å². The van der Waals surface area contributed by atoms with Crippen LogP contribution in [0.1, 0.15) is 19.4 Å². The molecule has 2 rings (SSSR count). The minimum absolute atomic E-state index is 0.183. The molecule has 0 saturated heterocycles. The van der Waals surface area contributed by atoms with Crippen LogP contribution in [0.15, 0.2) is 24.3 Å². The molecular weight excluding hydrogens is 188 g/mol. The fourth-order valence-electron chi connectivity index (χ4n) is 1.68. The summed E-state index contributed by atoms with van der Waals surface area (Å²) >= 11 is 0. The summed E-state index contributed by atoms with van der Waals surface area (Å²) in [6, 6.07) is 4.96. The number of rotatable bonds is 0. The average Bonchev–Trinajstić information content (AvgIpc) is 2.14. The van der Waals surface area contributed by atoms with Gasteiger partial charge in [-0.3, -0.25) is 0 Å².